The molecule has 2 rings (SSSR count). The first-order valence-corrected chi connectivity index (χ1v) is 9.54. The summed E-state index contributed by atoms with van der Waals surface area (Å²) in [6.07, 6.45) is 0. The number of hydrogen-bond donors (Lipinski definition) is 1. The molecule has 0 aliphatic rings. The van der Waals surface area contributed by atoms with Gasteiger partial charge in [-0.2, -0.15) is 0 Å². The number of amides is 2. The lowest BCUT2D eigenvalue weighted by Crippen LogP contribution is -2.30. The lowest BCUT2D eigenvalue weighted by molar-refractivity contribution is -0.127. The maximum absolute atomic E-state index is 12.3. The van der Waals surface area contributed by atoms with Crippen molar-refractivity contribution in [2.24, 2.45) is 0 Å². The van der Waals surface area contributed by atoms with Gasteiger partial charge in [-0.25, -0.2) is 0 Å². The first-order chi connectivity index (χ1) is 11.9. The largest absolute Gasteiger partial charge is 0.360 e. The van der Waals surface area contributed by atoms with Gasteiger partial charge in [-0.3, -0.25) is 9.59 Å². The Morgan fingerprint density at radius 3 is 2.76 bits per heavy atom. The number of nitrogens with one attached hydrogen (secondary N) is 1. The van der Waals surface area contributed by atoms with Crippen LogP contribution in [0.3, 0.4) is 0 Å². The molecule has 0 aliphatic carbocycles. The third-order valence-corrected chi connectivity index (χ3v) is 5.40. The molecule has 0 saturated heterocycles. The molecule has 25 heavy (non-hydrogen) atoms. The van der Waals surface area contributed by atoms with Crippen LogP contribution >= 0.6 is 27.7 Å². The minimum Gasteiger partial charge on any atom is -0.360 e. The van der Waals surface area contributed by atoms with Gasteiger partial charge >= 0.3 is 0 Å². The summed E-state index contributed by atoms with van der Waals surface area (Å²) in [6, 6.07) is 9.43. The quantitative estimate of drug-likeness (QED) is 0.734. The summed E-state index contributed by atoms with van der Waals surface area (Å²) in [6.45, 7) is 4.02. The summed E-state index contributed by atoms with van der Waals surface area (Å²) in [5, 5.41) is 6.01. The minimum absolute atomic E-state index is 0.0299. The van der Waals surface area contributed by atoms with Gasteiger partial charge in [0.05, 0.1) is 11.0 Å². The van der Waals surface area contributed by atoms with E-state index in [2.05, 4.69) is 26.4 Å². The highest BCUT2D eigenvalue weighted by Gasteiger charge is 2.18. The Bertz CT molecular complexity index is 750. The number of anilines is 1. The maximum atomic E-state index is 12.3. The molecule has 1 heterocycles. The van der Waals surface area contributed by atoms with Gasteiger partial charge in [0.15, 0.2) is 5.82 Å². The second kappa shape index (κ2) is 9.05. The highest BCUT2D eigenvalue weighted by molar-refractivity contribution is 9.10. The molecule has 8 heteroatoms. The Morgan fingerprint density at radius 1 is 1.40 bits per heavy atom. The normalized spacial score (nSPS) is 11.8. The number of rotatable bonds is 7. The third-order valence-electron chi connectivity index (χ3n) is 3.50. The highest BCUT2D eigenvalue weighted by Crippen LogP contribution is 2.19. The Morgan fingerprint density at radius 2 is 2.12 bits per heavy atom. The number of aryl methyl sites for hydroxylation is 1. The summed E-state index contributed by atoms with van der Waals surface area (Å²) >= 11 is 4.77. The topological polar surface area (TPSA) is 75.4 Å². The molecule has 1 N–H and O–H groups in total. The molecule has 0 spiro atoms. The van der Waals surface area contributed by atoms with E-state index in [4.69, 9.17) is 4.52 Å². The van der Waals surface area contributed by atoms with Crippen molar-refractivity contribution in [3.8, 4) is 0 Å². The van der Waals surface area contributed by atoms with Crippen molar-refractivity contribution in [1.29, 1.82) is 0 Å². The number of benzene rings is 1. The zero-order valence-corrected chi connectivity index (χ0v) is 16.7. The van der Waals surface area contributed by atoms with E-state index in [0.29, 0.717) is 18.1 Å². The smallest absolute Gasteiger partial charge is 0.238 e. The van der Waals surface area contributed by atoms with Crippen LogP contribution in [0.2, 0.25) is 0 Å². The van der Waals surface area contributed by atoms with E-state index in [1.54, 1.807) is 31.9 Å². The number of thioether (sulfide) groups is 1. The van der Waals surface area contributed by atoms with Gasteiger partial charge in [0.2, 0.25) is 11.8 Å². The van der Waals surface area contributed by atoms with Gasteiger partial charge in [-0.05, 0) is 25.5 Å². The zero-order valence-electron chi connectivity index (χ0n) is 14.3. The van der Waals surface area contributed by atoms with Crippen molar-refractivity contribution < 1.29 is 14.1 Å². The standard InChI is InChI=1S/C17H20BrN3O3S/c1-11-8-15(20-24-11)19-17(23)12(2)25-10-16(22)21(3)9-13-6-4-5-7-14(13)18/h4-8,12H,9-10H2,1-3H3,(H,19,20,23). The molecule has 1 aromatic carbocycles. The number of carbonyl (C=O) groups is 2. The molecule has 2 amide bonds. The van der Waals surface area contributed by atoms with Gasteiger partial charge in [0.25, 0.3) is 0 Å². The van der Waals surface area contributed by atoms with Crippen LogP contribution in [0.4, 0.5) is 5.82 Å². The molecule has 0 fully saturated rings. The van der Waals surface area contributed by atoms with Crippen LogP contribution in [0.5, 0.6) is 0 Å². The van der Waals surface area contributed by atoms with Crippen molar-refractivity contribution in [3.05, 3.63) is 46.1 Å². The average molecular weight is 426 g/mol. The van der Waals surface area contributed by atoms with Crippen LogP contribution in [-0.2, 0) is 16.1 Å². The van der Waals surface area contributed by atoms with Gasteiger partial charge in [-0.15, -0.1) is 11.8 Å². The number of hydrogen-bond acceptors (Lipinski definition) is 5. The van der Waals surface area contributed by atoms with Crippen LogP contribution < -0.4 is 5.32 Å². The molecule has 6 nitrogen and oxygen atoms in total. The average Bonchev–Trinajstić information content (AvgIpc) is 2.99. The van der Waals surface area contributed by atoms with Gasteiger partial charge < -0.3 is 14.7 Å². The molecule has 134 valence electrons. The molecule has 0 bridgehead atoms. The summed E-state index contributed by atoms with van der Waals surface area (Å²) in [5.74, 6) is 0.997. The monoisotopic (exact) mass is 425 g/mol. The predicted octanol–water partition coefficient (Wildman–Crippen LogP) is 3.46. The van der Waals surface area contributed by atoms with E-state index in [1.165, 1.54) is 11.8 Å². The molecule has 2 aromatic rings. The van der Waals surface area contributed by atoms with Crippen molar-refractivity contribution in [2.45, 2.75) is 25.6 Å². The molecule has 0 radical (unpaired) electrons. The number of aromatic nitrogens is 1. The van der Waals surface area contributed by atoms with Crippen LogP contribution in [0.25, 0.3) is 0 Å². The number of carbonyl (C=O) groups excluding carboxylic acids is 2. The molecule has 1 aromatic heterocycles. The molecular formula is C17H20BrN3O3S. The number of halogens is 1. The Hall–Kier alpha value is -1.80. The molecule has 0 saturated carbocycles. The Balaban J connectivity index is 1.80. The summed E-state index contributed by atoms with van der Waals surface area (Å²) < 4.78 is 5.88. The van der Waals surface area contributed by atoms with Gasteiger partial charge in [-0.1, -0.05) is 39.3 Å². The van der Waals surface area contributed by atoms with Crippen molar-refractivity contribution >= 4 is 45.3 Å². The zero-order chi connectivity index (χ0) is 18.4. The van der Waals surface area contributed by atoms with Crippen LogP contribution in [0, 0.1) is 6.92 Å². The molecular weight excluding hydrogens is 406 g/mol. The SMILES string of the molecule is Cc1cc(NC(=O)C(C)SCC(=O)N(C)Cc2ccccc2Br)no1. The minimum atomic E-state index is -0.377. The van der Waals surface area contributed by atoms with Crippen molar-refractivity contribution in [2.75, 3.05) is 18.1 Å². The van der Waals surface area contributed by atoms with E-state index >= 15 is 0 Å². The fourth-order valence-corrected chi connectivity index (χ4v) is 3.24. The molecule has 1 unspecified atom stereocenters. The first-order valence-electron chi connectivity index (χ1n) is 7.70. The van der Waals surface area contributed by atoms with E-state index in [1.807, 2.05) is 24.3 Å². The lowest BCUT2D eigenvalue weighted by Gasteiger charge is -2.19. The third kappa shape index (κ3) is 5.89. The first kappa shape index (κ1) is 19.5. The molecule has 1 atom stereocenters. The Labute approximate surface area is 159 Å². The van der Waals surface area contributed by atoms with E-state index in [9.17, 15) is 9.59 Å². The van der Waals surface area contributed by atoms with Gasteiger partial charge in [0, 0.05) is 24.1 Å². The maximum Gasteiger partial charge on any atom is 0.238 e. The number of nitrogens with zero attached hydrogens (tertiary/aromatic N) is 2. The predicted molar refractivity (Wildman–Crippen MR) is 102 cm³/mol. The van der Waals surface area contributed by atoms with Gasteiger partial charge in [0.1, 0.15) is 5.76 Å². The summed E-state index contributed by atoms with van der Waals surface area (Å²) in [7, 11) is 1.76. The molecule has 0 aliphatic heterocycles. The van der Waals surface area contributed by atoms with E-state index in [0.717, 1.165) is 10.0 Å². The fraction of sp³-hybridized carbons (Fsp3) is 0.353. The van der Waals surface area contributed by atoms with Crippen LogP contribution in [0.15, 0.2) is 39.3 Å². The second-order valence-corrected chi connectivity index (χ2v) is 7.79. The van der Waals surface area contributed by atoms with Crippen LogP contribution in [0.1, 0.15) is 18.2 Å². The van der Waals surface area contributed by atoms with Crippen molar-refractivity contribution in [1.82, 2.24) is 10.1 Å². The van der Waals surface area contributed by atoms with Crippen LogP contribution in [-0.4, -0.2) is 39.9 Å². The summed E-state index contributed by atoms with van der Waals surface area (Å²) in [4.78, 5) is 26.0. The van der Waals surface area contributed by atoms with E-state index < -0.39 is 0 Å². The summed E-state index contributed by atoms with van der Waals surface area (Å²) in [5.41, 5.74) is 1.04. The fourth-order valence-electron chi connectivity index (χ4n) is 2.01. The highest BCUT2D eigenvalue weighted by atomic mass is 79.9. The van der Waals surface area contributed by atoms with Crippen molar-refractivity contribution in [3.63, 3.8) is 0 Å². The van der Waals surface area contributed by atoms with E-state index in [-0.39, 0.29) is 22.8 Å². The lowest BCUT2D eigenvalue weighted by atomic mass is 10.2. The second-order valence-electron chi connectivity index (χ2n) is 5.61. The Kier molecular flexibility index (Phi) is 7.07.